The van der Waals surface area contributed by atoms with Crippen molar-refractivity contribution in [3.8, 4) is 0 Å². The molecule has 0 aliphatic heterocycles. The van der Waals surface area contributed by atoms with Gasteiger partial charge in [0, 0.05) is 19.3 Å². The Morgan fingerprint density at radius 3 is 2.57 bits per heavy atom. The van der Waals surface area contributed by atoms with Gasteiger partial charge in [-0.3, -0.25) is 4.79 Å². The van der Waals surface area contributed by atoms with Crippen LogP contribution in [0.1, 0.15) is 21.6 Å². The predicted molar refractivity (Wildman–Crippen MR) is 91.1 cm³/mol. The summed E-state index contributed by atoms with van der Waals surface area (Å²) >= 11 is 0. The normalized spacial score (nSPS) is 11.1. The SMILES string of the molecule is CN(C)Cc1ccc(CNC(=O)c2ccc3[nH]ccc3n2)cc1. The number of H-pyrrole nitrogens is 1. The lowest BCUT2D eigenvalue weighted by Crippen LogP contribution is -2.23. The Labute approximate surface area is 135 Å². The first-order valence-electron chi connectivity index (χ1n) is 7.57. The minimum atomic E-state index is -0.162. The van der Waals surface area contributed by atoms with Crippen LogP contribution in [0.3, 0.4) is 0 Å². The van der Waals surface area contributed by atoms with Gasteiger partial charge in [-0.05, 0) is 43.4 Å². The van der Waals surface area contributed by atoms with Crippen LogP contribution in [0.2, 0.25) is 0 Å². The second kappa shape index (κ2) is 6.62. The van der Waals surface area contributed by atoms with Gasteiger partial charge in [-0.25, -0.2) is 4.98 Å². The second-order valence-corrected chi connectivity index (χ2v) is 5.84. The molecule has 3 aromatic rings. The summed E-state index contributed by atoms with van der Waals surface area (Å²) in [6.07, 6.45) is 1.81. The van der Waals surface area contributed by atoms with Gasteiger partial charge >= 0.3 is 0 Å². The van der Waals surface area contributed by atoms with E-state index < -0.39 is 0 Å². The molecule has 2 aromatic heterocycles. The van der Waals surface area contributed by atoms with Crippen molar-refractivity contribution in [1.82, 2.24) is 20.2 Å². The van der Waals surface area contributed by atoms with Crippen molar-refractivity contribution in [3.63, 3.8) is 0 Å². The molecule has 0 unspecified atom stereocenters. The number of nitrogens with one attached hydrogen (secondary N) is 2. The zero-order valence-corrected chi connectivity index (χ0v) is 13.3. The first-order valence-corrected chi connectivity index (χ1v) is 7.57. The second-order valence-electron chi connectivity index (χ2n) is 5.84. The molecule has 5 nitrogen and oxygen atoms in total. The van der Waals surface area contributed by atoms with Crippen LogP contribution in [0.5, 0.6) is 0 Å². The number of nitrogens with zero attached hydrogens (tertiary/aromatic N) is 2. The quantitative estimate of drug-likeness (QED) is 0.761. The van der Waals surface area contributed by atoms with E-state index in [-0.39, 0.29) is 5.91 Å². The summed E-state index contributed by atoms with van der Waals surface area (Å²) in [7, 11) is 4.09. The van der Waals surface area contributed by atoms with Crippen molar-refractivity contribution >= 4 is 16.9 Å². The smallest absolute Gasteiger partial charge is 0.270 e. The lowest BCUT2D eigenvalue weighted by Gasteiger charge is -2.10. The molecule has 2 N–H and O–H groups in total. The van der Waals surface area contributed by atoms with Crippen molar-refractivity contribution < 1.29 is 4.79 Å². The molecule has 0 atom stereocenters. The van der Waals surface area contributed by atoms with E-state index in [2.05, 4.69) is 32.3 Å². The molecule has 1 aromatic carbocycles. The van der Waals surface area contributed by atoms with Gasteiger partial charge in [0.25, 0.3) is 5.91 Å². The summed E-state index contributed by atoms with van der Waals surface area (Å²) in [5.41, 5.74) is 4.48. The van der Waals surface area contributed by atoms with Crippen molar-refractivity contribution in [2.24, 2.45) is 0 Å². The van der Waals surface area contributed by atoms with Crippen LogP contribution in [0.25, 0.3) is 11.0 Å². The maximum Gasteiger partial charge on any atom is 0.270 e. The highest BCUT2D eigenvalue weighted by molar-refractivity contribution is 5.94. The number of hydrogen-bond acceptors (Lipinski definition) is 3. The fraction of sp³-hybridized carbons (Fsp3) is 0.222. The molecule has 1 amide bonds. The minimum Gasteiger partial charge on any atom is -0.360 e. The standard InChI is InChI=1S/C18H20N4O/c1-22(2)12-14-5-3-13(4-6-14)11-20-18(23)17-8-7-15-16(21-17)9-10-19-15/h3-10,19H,11-12H2,1-2H3,(H,20,23). The number of fused-ring (bicyclic) bond motifs is 1. The molecular formula is C18H20N4O. The number of benzene rings is 1. The number of aromatic amines is 1. The number of hydrogen-bond donors (Lipinski definition) is 2. The average Bonchev–Trinajstić information content (AvgIpc) is 3.01. The van der Waals surface area contributed by atoms with E-state index in [4.69, 9.17) is 0 Å². The fourth-order valence-electron chi connectivity index (χ4n) is 2.46. The zero-order valence-electron chi connectivity index (χ0n) is 13.3. The maximum atomic E-state index is 12.2. The molecule has 0 spiro atoms. The molecule has 0 saturated carbocycles. The average molecular weight is 308 g/mol. The monoisotopic (exact) mass is 308 g/mol. The Balaban J connectivity index is 1.61. The summed E-state index contributed by atoms with van der Waals surface area (Å²) in [5.74, 6) is -0.162. The van der Waals surface area contributed by atoms with Crippen LogP contribution in [0.4, 0.5) is 0 Å². The van der Waals surface area contributed by atoms with E-state index in [1.165, 1.54) is 5.56 Å². The van der Waals surface area contributed by atoms with Gasteiger partial charge in [-0.2, -0.15) is 0 Å². The first kappa shape index (κ1) is 15.2. The third-order valence-electron chi connectivity index (χ3n) is 3.61. The van der Waals surface area contributed by atoms with Crippen molar-refractivity contribution in [1.29, 1.82) is 0 Å². The van der Waals surface area contributed by atoms with Crippen LogP contribution in [-0.4, -0.2) is 34.9 Å². The highest BCUT2D eigenvalue weighted by atomic mass is 16.1. The van der Waals surface area contributed by atoms with Crippen LogP contribution < -0.4 is 5.32 Å². The first-order chi connectivity index (χ1) is 11.1. The molecule has 0 aliphatic rings. The summed E-state index contributed by atoms with van der Waals surface area (Å²) in [4.78, 5) is 21.7. The van der Waals surface area contributed by atoms with Gasteiger partial charge in [-0.1, -0.05) is 24.3 Å². The third kappa shape index (κ3) is 3.76. The lowest BCUT2D eigenvalue weighted by molar-refractivity contribution is 0.0946. The molecule has 2 heterocycles. The molecule has 118 valence electrons. The molecule has 0 bridgehead atoms. The van der Waals surface area contributed by atoms with Crippen molar-refractivity contribution in [2.75, 3.05) is 14.1 Å². The molecule has 0 saturated heterocycles. The number of pyridine rings is 1. The highest BCUT2D eigenvalue weighted by Gasteiger charge is 2.08. The van der Waals surface area contributed by atoms with Gasteiger partial charge in [0.05, 0.1) is 11.0 Å². The Morgan fingerprint density at radius 2 is 1.83 bits per heavy atom. The number of carbonyl (C=O) groups is 1. The van der Waals surface area contributed by atoms with Gasteiger partial charge in [0.1, 0.15) is 5.69 Å². The van der Waals surface area contributed by atoms with E-state index in [1.54, 1.807) is 6.07 Å². The van der Waals surface area contributed by atoms with E-state index in [9.17, 15) is 4.79 Å². The predicted octanol–water partition coefficient (Wildman–Crippen LogP) is 2.55. The Morgan fingerprint density at radius 1 is 1.09 bits per heavy atom. The van der Waals surface area contributed by atoms with Crippen LogP contribution in [-0.2, 0) is 13.1 Å². The molecule has 23 heavy (non-hydrogen) atoms. The van der Waals surface area contributed by atoms with Crippen molar-refractivity contribution in [2.45, 2.75) is 13.1 Å². The Kier molecular flexibility index (Phi) is 4.39. The van der Waals surface area contributed by atoms with E-state index >= 15 is 0 Å². The highest BCUT2D eigenvalue weighted by Crippen LogP contribution is 2.10. The molecule has 0 fully saturated rings. The summed E-state index contributed by atoms with van der Waals surface area (Å²) < 4.78 is 0. The molecular weight excluding hydrogens is 288 g/mol. The van der Waals surface area contributed by atoms with Gasteiger partial charge in [0.15, 0.2) is 0 Å². The van der Waals surface area contributed by atoms with Crippen molar-refractivity contribution in [3.05, 3.63) is 65.5 Å². The summed E-state index contributed by atoms with van der Waals surface area (Å²) in [5, 5.41) is 2.91. The van der Waals surface area contributed by atoms with Gasteiger partial charge in [-0.15, -0.1) is 0 Å². The molecule has 0 radical (unpaired) electrons. The third-order valence-corrected chi connectivity index (χ3v) is 3.61. The summed E-state index contributed by atoms with van der Waals surface area (Å²) in [6, 6.07) is 13.7. The fourth-order valence-corrected chi connectivity index (χ4v) is 2.46. The number of aromatic nitrogens is 2. The zero-order chi connectivity index (χ0) is 16.2. The van der Waals surface area contributed by atoms with E-state index in [0.29, 0.717) is 12.2 Å². The van der Waals surface area contributed by atoms with E-state index in [0.717, 1.165) is 23.1 Å². The van der Waals surface area contributed by atoms with Crippen LogP contribution in [0, 0.1) is 0 Å². The van der Waals surface area contributed by atoms with Gasteiger partial charge < -0.3 is 15.2 Å². The number of carbonyl (C=O) groups excluding carboxylic acids is 1. The number of rotatable bonds is 5. The molecule has 0 aliphatic carbocycles. The van der Waals surface area contributed by atoms with Crippen LogP contribution in [0.15, 0.2) is 48.7 Å². The summed E-state index contributed by atoms with van der Waals surface area (Å²) in [6.45, 7) is 1.40. The largest absolute Gasteiger partial charge is 0.360 e. The van der Waals surface area contributed by atoms with Crippen LogP contribution >= 0.6 is 0 Å². The Hall–Kier alpha value is -2.66. The minimum absolute atomic E-state index is 0.162. The Bertz CT molecular complexity index is 805. The topological polar surface area (TPSA) is 61.0 Å². The van der Waals surface area contributed by atoms with E-state index in [1.807, 2.05) is 44.6 Å². The number of amides is 1. The molecule has 5 heteroatoms. The lowest BCUT2D eigenvalue weighted by atomic mass is 10.1. The maximum absolute atomic E-state index is 12.2. The molecule has 3 rings (SSSR count). The van der Waals surface area contributed by atoms with Gasteiger partial charge in [0.2, 0.25) is 0 Å².